The summed E-state index contributed by atoms with van der Waals surface area (Å²) in [6, 6.07) is 0. The number of esters is 1. The Bertz CT molecular complexity index is 541. The molecule has 0 aliphatic heterocycles. The fourth-order valence-electron chi connectivity index (χ4n) is 6.82. The quantitative estimate of drug-likeness (QED) is 0.592. The molecule has 7 atom stereocenters. The number of allylic oxidation sites excluding steroid dienone is 1. The molecule has 2 unspecified atom stereocenters. The average molecular weight is 349 g/mol. The molecule has 0 aromatic carbocycles. The lowest BCUT2D eigenvalue weighted by atomic mass is 9.49. The molecule has 0 bridgehead atoms. The number of rotatable bonds is 3. The van der Waals surface area contributed by atoms with Crippen molar-refractivity contribution >= 4 is 5.97 Å². The van der Waals surface area contributed by atoms with Crippen molar-refractivity contribution < 1.29 is 14.6 Å². The SMILES string of the molecule is C=C1CCC2[C@H](C)C([C@@]3(C)CC[C@H](OC(C)=O)C[C@@H]3CO)CC[C@]12C. The number of aliphatic hydroxyl groups excluding tert-OH is 1. The minimum absolute atomic E-state index is 0.0156. The van der Waals surface area contributed by atoms with Gasteiger partial charge in [0.05, 0.1) is 0 Å². The number of carbonyl (C=O) groups excluding carboxylic acids is 1. The van der Waals surface area contributed by atoms with Crippen LogP contribution in [0.1, 0.15) is 72.6 Å². The first-order valence-corrected chi connectivity index (χ1v) is 10.2. The van der Waals surface area contributed by atoms with Crippen molar-refractivity contribution in [2.24, 2.45) is 34.5 Å². The predicted molar refractivity (Wildman–Crippen MR) is 99.9 cm³/mol. The van der Waals surface area contributed by atoms with Gasteiger partial charge in [-0.2, -0.15) is 0 Å². The molecule has 3 aliphatic carbocycles. The van der Waals surface area contributed by atoms with Crippen molar-refractivity contribution in [3.05, 3.63) is 12.2 Å². The second-order valence-electron chi connectivity index (χ2n) is 9.56. The molecule has 3 fully saturated rings. The highest BCUT2D eigenvalue weighted by Gasteiger charge is 2.55. The fourth-order valence-corrected chi connectivity index (χ4v) is 6.82. The van der Waals surface area contributed by atoms with Gasteiger partial charge in [-0.3, -0.25) is 4.79 Å². The van der Waals surface area contributed by atoms with Gasteiger partial charge in [0.2, 0.25) is 0 Å². The maximum atomic E-state index is 11.3. The van der Waals surface area contributed by atoms with E-state index in [0.717, 1.165) is 25.2 Å². The number of ether oxygens (including phenoxy) is 1. The van der Waals surface area contributed by atoms with E-state index in [0.29, 0.717) is 17.3 Å². The Morgan fingerprint density at radius 1 is 1.24 bits per heavy atom. The third-order valence-electron chi connectivity index (χ3n) is 8.51. The molecule has 0 amide bonds. The smallest absolute Gasteiger partial charge is 0.302 e. The lowest BCUT2D eigenvalue weighted by Gasteiger charge is -2.56. The van der Waals surface area contributed by atoms with E-state index >= 15 is 0 Å². The van der Waals surface area contributed by atoms with E-state index in [-0.39, 0.29) is 30.0 Å². The third kappa shape index (κ3) is 3.07. The summed E-state index contributed by atoms with van der Waals surface area (Å²) < 4.78 is 5.47. The summed E-state index contributed by atoms with van der Waals surface area (Å²) in [7, 11) is 0. The van der Waals surface area contributed by atoms with Gasteiger partial charge in [-0.15, -0.1) is 0 Å². The van der Waals surface area contributed by atoms with E-state index in [1.54, 1.807) is 0 Å². The first kappa shape index (κ1) is 18.9. The zero-order valence-electron chi connectivity index (χ0n) is 16.5. The topological polar surface area (TPSA) is 46.5 Å². The van der Waals surface area contributed by atoms with Crippen LogP contribution in [0.5, 0.6) is 0 Å². The maximum Gasteiger partial charge on any atom is 0.302 e. The van der Waals surface area contributed by atoms with E-state index in [2.05, 4.69) is 27.4 Å². The van der Waals surface area contributed by atoms with Crippen LogP contribution in [0.25, 0.3) is 0 Å². The molecule has 0 radical (unpaired) electrons. The van der Waals surface area contributed by atoms with Crippen LogP contribution in [0.4, 0.5) is 0 Å². The van der Waals surface area contributed by atoms with Crippen LogP contribution < -0.4 is 0 Å². The molecule has 1 N–H and O–H groups in total. The standard InChI is InChI=1S/C22H36O3/c1-14-6-7-19-15(2)20(9-11-21(14,19)4)22(5)10-8-18(25-16(3)24)12-17(22)13-23/h15,17-20,23H,1,6-13H2,2-5H3/t15-,17+,18-,19?,20?,21+,22-/m0/s1. The number of carbonyl (C=O) groups is 1. The second kappa shape index (κ2) is 6.72. The molecular formula is C22H36O3. The second-order valence-corrected chi connectivity index (χ2v) is 9.56. The predicted octanol–water partition coefficient (Wildman–Crippen LogP) is 4.74. The molecule has 142 valence electrons. The van der Waals surface area contributed by atoms with Gasteiger partial charge >= 0.3 is 5.97 Å². The minimum atomic E-state index is -0.198. The molecule has 3 nitrogen and oxygen atoms in total. The van der Waals surface area contributed by atoms with Crippen molar-refractivity contribution in [3.63, 3.8) is 0 Å². The van der Waals surface area contributed by atoms with Gasteiger partial charge in [0.15, 0.2) is 0 Å². The van der Waals surface area contributed by atoms with Crippen molar-refractivity contribution in [3.8, 4) is 0 Å². The number of fused-ring (bicyclic) bond motifs is 1. The molecule has 0 saturated heterocycles. The van der Waals surface area contributed by atoms with Crippen LogP contribution in [0, 0.1) is 34.5 Å². The van der Waals surface area contributed by atoms with Crippen LogP contribution in [0.2, 0.25) is 0 Å². The summed E-state index contributed by atoms with van der Waals surface area (Å²) in [6.45, 7) is 13.3. The van der Waals surface area contributed by atoms with Gasteiger partial charge in [-0.05, 0) is 79.4 Å². The molecule has 3 aliphatic rings. The van der Waals surface area contributed by atoms with Crippen molar-refractivity contribution in [1.29, 1.82) is 0 Å². The van der Waals surface area contributed by atoms with Gasteiger partial charge in [-0.25, -0.2) is 0 Å². The van der Waals surface area contributed by atoms with Gasteiger partial charge in [-0.1, -0.05) is 32.9 Å². The number of aliphatic hydroxyl groups is 1. The highest BCUT2D eigenvalue weighted by atomic mass is 16.5. The zero-order valence-corrected chi connectivity index (χ0v) is 16.5. The normalized spacial score (nSPS) is 47.4. The maximum absolute atomic E-state index is 11.3. The molecular weight excluding hydrogens is 312 g/mol. The summed E-state index contributed by atoms with van der Waals surface area (Å²) in [6.07, 6.45) is 7.73. The Hall–Kier alpha value is -0.830. The molecule has 0 aromatic rings. The van der Waals surface area contributed by atoms with Crippen LogP contribution in [0.15, 0.2) is 12.2 Å². The Labute approximate surface area is 153 Å². The first-order chi connectivity index (χ1) is 11.7. The number of hydrogen-bond acceptors (Lipinski definition) is 3. The summed E-state index contributed by atoms with van der Waals surface area (Å²) >= 11 is 0. The monoisotopic (exact) mass is 348 g/mol. The molecule has 3 rings (SSSR count). The van der Waals surface area contributed by atoms with Gasteiger partial charge in [0.1, 0.15) is 6.10 Å². The Morgan fingerprint density at radius 3 is 2.60 bits per heavy atom. The van der Waals surface area contributed by atoms with E-state index < -0.39 is 0 Å². The molecule has 0 aromatic heterocycles. The average Bonchev–Trinajstić information content (AvgIpc) is 2.85. The third-order valence-corrected chi connectivity index (χ3v) is 8.51. The summed E-state index contributed by atoms with van der Waals surface area (Å²) in [5.41, 5.74) is 1.94. The van der Waals surface area contributed by atoms with Crippen LogP contribution in [-0.4, -0.2) is 23.8 Å². The largest absolute Gasteiger partial charge is 0.463 e. The molecule has 3 saturated carbocycles. The van der Waals surface area contributed by atoms with Gasteiger partial charge in [0.25, 0.3) is 0 Å². The minimum Gasteiger partial charge on any atom is -0.463 e. The Morgan fingerprint density at radius 2 is 1.96 bits per heavy atom. The van der Waals surface area contributed by atoms with Crippen molar-refractivity contribution in [1.82, 2.24) is 0 Å². The van der Waals surface area contributed by atoms with E-state index in [1.807, 2.05) is 0 Å². The van der Waals surface area contributed by atoms with E-state index in [4.69, 9.17) is 4.74 Å². The lowest BCUT2D eigenvalue weighted by Crippen LogP contribution is -2.50. The Kier molecular flexibility index (Phi) is 5.09. The van der Waals surface area contributed by atoms with Crippen LogP contribution >= 0.6 is 0 Å². The van der Waals surface area contributed by atoms with Crippen LogP contribution in [-0.2, 0) is 9.53 Å². The van der Waals surface area contributed by atoms with E-state index in [1.165, 1.54) is 38.2 Å². The highest BCUT2D eigenvalue weighted by Crippen LogP contribution is 2.63. The summed E-state index contributed by atoms with van der Waals surface area (Å²) in [5.74, 6) is 2.08. The summed E-state index contributed by atoms with van der Waals surface area (Å²) in [5, 5.41) is 10.1. The van der Waals surface area contributed by atoms with E-state index in [9.17, 15) is 9.90 Å². The van der Waals surface area contributed by atoms with Gasteiger partial charge in [0, 0.05) is 13.5 Å². The molecule has 3 heteroatoms. The Balaban J connectivity index is 1.78. The molecule has 0 heterocycles. The van der Waals surface area contributed by atoms with Crippen LogP contribution in [0.3, 0.4) is 0 Å². The van der Waals surface area contributed by atoms with Crippen molar-refractivity contribution in [2.45, 2.75) is 78.7 Å². The number of hydrogen-bond donors (Lipinski definition) is 1. The molecule has 0 spiro atoms. The fraction of sp³-hybridized carbons (Fsp3) is 0.864. The molecule has 25 heavy (non-hydrogen) atoms. The summed E-state index contributed by atoms with van der Waals surface area (Å²) in [4.78, 5) is 11.3. The van der Waals surface area contributed by atoms with Crippen molar-refractivity contribution in [2.75, 3.05) is 6.61 Å². The zero-order chi connectivity index (χ0) is 18.4. The lowest BCUT2D eigenvalue weighted by molar-refractivity contribution is -0.155. The first-order valence-electron chi connectivity index (χ1n) is 10.2. The highest BCUT2D eigenvalue weighted by molar-refractivity contribution is 5.66. The van der Waals surface area contributed by atoms with Gasteiger partial charge < -0.3 is 9.84 Å².